The first-order valence-corrected chi connectivity index (χ1v) is 8.63. The lowest BCUT2D eigenvalue weighted by molar-refractivity contribution is 0.102. The van der Waals surface area contributed by atoms with Crippen LogP contribution in [0.5, 0.6) is 11.5 Å². The third kappa shape index (κ3) is 2.58. The predicted molar refractivity (Wildman–Crippen MR) is 88.5 cm³/mol. The Hall–Kier alpha value is -2.36. The summed E-state index contributed by atoms with van der Waals surface area (Å²) in [5.74, 6) is 0.927. The highest BCUT2D eigenvalue weighted by molar-refractivity contribution is 8.14. The number of fused-ring (bicyclic) bond motifs is 2. The lowest BCUT2D eigenvalue weighted by Gasteiger charge is -2.23. The molecule has 0 N–H and O–H groups in total. The molecular formula is C18H16O4S. The van der Waals surface area contributed by atoms with Crippen molar-refractivity contribution in [2.75, 3.05) is 13.2 Å². The van der Waals surface area contributed by atoms with E-state index in [0.717, 1.165) is 0 Å². The van der Waals surface area contributed by atoms with Gasteiger partial charge in [-0.15, -0.1) is 0 Å². The molecule has 1 unspecified atom stereocenters. The molecule has 1 atom stereocenters. The molecule has 0 aromatic heterocycles. The Morgan fingerprint density at radius 1 is 1.04 bits per heavy atom. The van der Waals surface area contributed by atoms with Crippen molar-refractivity contribution < 1.29 is 19.1 Å². The molecule has 0 radical (unpaired) electrons. The molecule has 0 bridgehead atoms. The average molecular weight is 328 g/mol. The minimum absolute atomic E-state index is 0.124. The highest BCUT2D eigenvalue weighted by atomic mass is 32.2. The first kappa shape index (κ1) is 15.5. The first-order chi connectivity index (χ1) is 11.2. The third-order valence-corrected chi connectivity index (χ3v) is 5.26. The Morgan fingerprint density at radius 2 is 1.78 bits per heavy atom. The number of rotatable bonds is 4. The quantitative estimate of drug-likeness (QED) is 0.684. The molecule has 118 valence electrons. The van der Waals surface area contributed by atoms with Gasteiger partial charge in [-0.2, -0.15) is 0 Å². The van der Waals surface area contributed by atoms with E-state index in [4.69, 9.17) is 9.47 Å². The summed E-state index contributed by atoms with van der Waals surface area (Å²) in [4.78, 5) is 25.8. The summed E-state index contributed by atoms with van der Waals surface area (Å²) in [6.45, 7) is 4.65. The fourth-order valence-electron chi connectivity index (χ4n) is 2.65. The van der Waals surface area contributed by atoms with E-state index in [9.17, 15) is 9.59 Å². The maximum Gasteiger partial charge on any atom is 0.199 e. The van der Waals surface area contributed by atoms with E-state index >= 15 is 0 Å². The number of ketones is 1. The van der Waals surface area contributed by atoms with Gasteiger partial charge in [0.1, 0.15) is 11.5 Å². The molecule has 2 aromatic rings. The van der Waals surface area contributed by atoms with Crippen LogP contribution in [0.15, 0.2) is 46.2 Å². The summed E-state index contributed by atoms with van der Waals surface area (Å²) in [5.41, 5.74) is 0.984. The van der Waals surface area contributed by atoms with Gasteiger partial charge >= 0.3 is 0 Å². The lowest BCUT2D eigenvalue weighted by Crippen LogP contribution is -2.13. The molecule has 0 saturated carbocycles. The summed E-state index contributed by atoms with van der Waals surface area (Å²) in [6, 6.07) is 10.6. The monoisotopic (exact) mass is 328 g/mol. The Labute approximate surface area is 137 Å². The van der Waals surface area contributed by atoms with E-state index in [-0.39, 0.29) is 5.78 Å². The summed E-state index contributed by atoms with van der Waals surface area (Å²) < 4.78 is 11.2. The molecule has 0 amide bonds. The molecule has 23 heavy (non-hydrogen) atoms. The third-order valence-electron chi connectivity index (χ3n) is 3.53. The normalized spacial score (nSPS) is 15.4. The second kappa shape index (κ2) is 6.41. The zero-order valence-corrected chi connectivity index (χ0v) is 13.7. The van der Waals surface area contributed by atoms with Crippen molar-refractivity contribution in [3.63, 3.8) is 0 Å². The van der Waals surface area contributed by atoms with Gasteiger partial charge in [0.05, 0.1) is 18.8 Å². The Kier molecular flexibility index (Phi) is 4.33. The smallest absolute Gasteiger partial charge is 0.199 e. The number of hydrogen-bond donors (Lipinski definition) is 0. The van der Waals surface area contributed by atoms with Gasteiger partial charge in [0.15, 0.2) is 11.0 Å². The van der Waals surface area contributed by atoms with Crippen LogP contribution in [0.3, 0.4) is 0 Å². The highest BCUT2D eigenvalue weighted by Crippen LogP contribution is 2.48. The van der Waals surface area contributed by atoms with Crippen LogP contribution < -0.4 is 9.47 Å². The fraction of sp³-hybridized carbons (Fsp3) is 0.222. The van der Waals surface area contributed by atoms with Crippen molar-refractivity contribution in [3.05, 3.63) is 47.5 Å². The Balaban J connectivity index is 2.31. The molecule has 3 rings (SSSR count). The zero-order chi connectivity index (χ0) is 16.4. The minimum Gasteiger partial charge on any atom is -0.494 e. The van der Waals surface area contributed by atoms with Gasteiger partial charge in [-0.1, -0.05) is 12.1 Å². The molecular weight excluding hydrogens is 312 g/mol. The van der Waals surface area contributed by atoms with Gasteiger partial charge in [-0.05, 0) is 42.5 Å². The van der Waals surface area contributed by atoms with Crippen molar-refractivity contribution in [3.8, 4) is 11.5 Å². The first-order valence-electron chi connectivity index (χ1n) is 7.40. The topological polar surface area (TPSA) is 52.6 Å². The largest absolute Gasteiger partial charge is 0.494 e. The van der Waals surface area contributed by atoms with Crippen molar-refractivity contribution >= 4 is 21.5 Å². The van der Waals surface area contributed by atoms with Crippen LogP contribution in [0.25, 0.3) is 0 Å². The SMILES string of the molecule is CCOc1cc(OCC)c2c(c1)S(=C=O)c1ccccc1C2=O. The number of hydrogen-bond acceptors (Lipinski definition) is 4. The summed E-state index contributed by atoms with van der Waals surface area (Å²) in [7, 11) is -0.936. The van der Waals surface area contributed by atoms with Crippen LogP contribution in [0.2, 0.25) is 0 Å². The molecule has 0 spiro atoms. The second-order valence-corrected chi connectivity index (χ2v) is 6.53. The van der Waals surface area contributed by atoms with Gasteiger partial charge in [-0.25, -0.2) is 4.79 Å². The van der Waals surface area contributed by atoms with E-state index < -0.39 is 10.5 Å². The Bertz CT molecular complexity index is 835. The molecule has 4 nitrogen and oxygen atoms in total. The van der Waals surface area contributed by atoms with Crippen molar-refractivity contribution in [1.82, 2.24) is 0 Å². The van der Waals surface area contributed by atoms with Gasteiger partial charge in [0, 0.05) is 21.4 Å². The Morgan fingerprint density at radius 3 is 2.48 bits per heavy atom. The molecule has 2 aromatic carbocycles. The summed E-state index contributed by atoms with van der Waals surface area (Å²) in [5, 5.41) is 2.09. The maximum absolute atomic E-state index is 12.9. The molecule has 1 aliphatic rings. The van der Waals surface area contributed by atoms with Gasteiger partial charge in [0.25, 0.3) is 0 Å². The predicted octanol–water partition coefficient (Wildman–Crippen LogP) is 3.78. The van der Waals surface area contributed by atoms with Gasteiger partial charge in [-0.3, -0.25) is 4.79 Å². The molecule has 0 saturated heterocycles. The van der Waals surface area contributed by atoms with Crippen LogP contribution >= 0.6 is 10.5 Å². The zero-order valence-electron chi connectivity index (χ0n) is 12.9. The van der Waals surface area contributed by atoms with E-state index in [0.29, 0.717) is 45.6 Å². The van der Waals surface area contributed by atoms with Crippen molar-refractivity contribution in [2.24, 2.45) is 0 Å². The molecule has 0 fully saturated rings. The summed E-state index contributed by atoms with van der Waals surface area (Å²) in [6.07, 6.45) is 0. The van der Waals surface area contributed by atoms with Gasteiger partial charge < -0.3 is 9.47 Å². The number of carbonyl (C=O) groups excluding carboxylic acids is 2. The van der Waals surface area contributed by atoms with Crippen LogP contribution in [0, 0.1) is 0 Å². The molecule has 5 heteroatoms. The molecule has 0 aliphatic carbocycles. The number of benzene rings is 2. The number of ether oxygens (including phenoxy) is 2. The van der Waals surface area contributed by atoms with Crippen LogP contribution in [-0.2, 0) is 4.79 Å². The van der Waals surface area contributed by atoms with Crippen molar-refractivity contribution in [2.45, 2.75) is 23.6 Å². The van der Waals surface area contributed by atoms with Crippen LogP contribution in [0.1, 0.15) is 29.8 Å². The number of carbonyl (C=O) groups is 1. The fourth-order valence-corrected chi connectivity index (χ4v) is 4.29. The van der Waals surface area contributed by atoms with Crippen molar-refractivity contribution in [1.29, 1.82) is 0 Å². The average Bonchev–Trinajstić information content (AvgIpc) is 2.56. The standard InChI is InChI=1S/C18H16O4S/c1-3-21-12-9-14(22-4-2)17-16(10-12)23(11-19)15-8-6-5-7-13(15)18(17)20/h5-10H,3-4H2,1-2H3. The lowest BCUT2D eigenvalue weighted by atomic mass is 10.0. The van der Waals surface area contributed by atoms with E-state index in [2.05, 4.69) is 5.23 Å². The second-order valence-electron chi connectivity index (χ2n) is 4.88. The summed E-state index contributed by atoms with van der Waals surface area (Å²) >= 11 is 0. The van der Waals surface area contributed by atoms with E-state index in [1.54, 1.807) is 30.3 Å². The van der Waals surface area contributed by atoms with Gasteiger partial charge in [0.2, 0.25) is 0 Å². The minimum atomic E-state index is -0.936. The maximum atomic E-state index is 12.9. The highest BCUT2D eigenvalue weighted by Gasteiger charge is 2.31. The van der Waals surface area contributed by atoms with E-state index in [1.165, 1.54) is 0 Å². The van der Waals surface area contributed by atoms with Crippen LogP contribution in [-0.4, -0.2) is 24.2 Å². The molecule has 1 aliphatic heterocycles. The van der Waals surface area contributed by atoms with E-state index in [1.807, 2.05) is 19.9 Å². The molecule has 1 heterocycles. The van der Waals surface area contributed by atoms with Crippen LogP contribution in [0.4, 0.5) is 0 Å².